The second kappa shape index (κ2) is 7.13. The Hall–Kier alpha value is -2.57. The minimum Gasteiger partial charge on any atom is -0.478 e. The lowest BCUT2D eigenvalue weighted by atomic mass is 10.0. The van der Waals surface area contributed by atoms with Crippen LogP contribution in [0, 0.1) is 5.92 Å². The number of ether oxygens (including phenoxy) is 1. The number of hydrogen-bond donors (Lipinski definition) is 2. The molecule has 2 atom stereocenters. The molecule has 136 valence electrons. The molecule has 1 aliphatic heterocycles. The normalized spacial score (nSPS) is 20.2. The van der Waals surface area contributed by atoms with Gasteiger partial charge in [0.05, 0.1) is 5.56 Å². The number of rotatable bonds is 3. The maximum atomic E-state index is 12.6. The van der Waals surface area contributed by atoms with Crippen LogP contribution >= 0.6 is 0 Å². The van der Waals surface area contributed by atoms with Crippen molar-refractivity contribution in [3.05, 3.63) is 29.8 Å². The van der Waals surface area contributed by atoms with E-state index in [1.165, 1.54) is 29.2 Å². The quantitative estimate of drug-likeness (QED) is 0.875. The average Bonchev–Trinajstić information content (AvgIpc) is 2.88. The van der Waals surface area contributed by atoms with Gasteiger partial charge in [-0.2, -0.15) is 0 Å². The molecule has 2 rings (SSSR count). The van der Waals surface area contributed by atoms with E-state index in [-0.39, 0.29) is 17.4 Å². The fourth-order valence-corrected chi connectivity index (χ4v) is 2.78. The summed E-state index contributed by atoms with van der Waals surface area (Å²) in [6.45, 7) is 7.73. The molecule has 0 aromatic heterocycles. The maximum absolute atomic E-state index is 12.6. The molecule has 7 nitrogen and oxygen atoms in total. The minimum absolute atomic E-state index is 0.00538. The van der Waals surface area contributed by atoms with E-state index in [9.17, 15) is 14.4 Å². The van der Waals surface area contributed by atoms with Crippen molar-refractivity contribution in [2.75, 3.05) is 11.9 Å². The number of aromatic carboxylic acids is 1. The SMILES string of the molecule is CC1CCN(C(=O)OC(C)(C)C)C1C(=O)Nc1ccc(C(=O)O)cc1. The van der Waals surface area contributed by atoms with E-state index in [0.717, 1.165) is 6.42 Å². The van der Waals surface area contributed by atoms with E-state index in [0.29, 0.717) is 12.2 Å². The van der Waals surface area contributed by atoms with Crippen LogP contribution in [-0.2, 0) is 9.53 Å². The zero-order valence-electron chi connectivity index (χ0n) is 14.9. The highest BCUT2D eigenvalue weighted by molar-refractivity contribution is 5.97. The summed E-state index contributed by atoms with van der Waals surface area (Å²) in [7, 11) is 0. The lowest BCUT2D eigenvalue weighted by molar-refractivity contribution is -0.121. The van der Waals surface area contributed by atoms with Gasteiger partial charge in [-0.3, -0.25) is 9.69 Å². The molecule has 1 heterocycles. The third kappa shape index (κ3) is 4.71. The third-order valence-corrected chi connectivity index (χ3v) is 4.00. The lowest BCUT2D eigenvalue weighted by Crippen LogP contribution is -2.47. The van der Waals surface area contributed by atoms with Crippen molar-refractivity contribution in [1.82, 2.24) is 4.90 Å². The molecule has 1 aromatic rings. The van der Waals surface area contributed by atoms with Crippen LogP contribution < -0.4 is 5.32 Å². The summed E-state index contributed by atoms with van der Waals surface area (Å²) < 4.78 is 5.38. The number of carbonyl (C=O) groups is 3. The Labute approximate surface area is 147 Å². The molecular formula is C18H24N2O5. The molecule has 1 saturated heterocycles. The standard InChI is InChI=1S/C18H24N2O5/c1-11-9-10-20(17(24)25-18(2,3)4)14(11)15(21)19-13-7-5-12(6-8-13)16(22)23/h5-8,11,14H,9-10H2,1-4H3,(H,19,21)(H,22,23). The molecule has 25 heavy (non-hydrogen) atoms. The molecule has 0 spiro atoms. The first-order valence-corrected chi connectivity index (χ1v) is 8.22. The summed E-state index contributed by atoms with van der Waals surface area (Å²) in [4.78, 5) is 37.3. The third-order valence-electron chi connectivity index (χ3n) is 4.00. The fourth-order valence-electron chi connectivity index (χ4n) is 2.78. The molecule has 0 radical (unpaired) electrons. The zero-order chi connectivity index (χ0) is 18.8. The van der Waals surface area contributed by atoms with Crippen LogP contribution in [0.1, 0.15) is 44.5 Å². The van der Waals surface area contributed by atoms with E-state index in [1.54, 1.807) is 20.8 Å². The number of carboxylic acid groups (broad SMARTS) is 1. The number of carboxylic acids is 1. The van der Waals surface area contributed by atoms with E-state index < -0.39 is 23.7 Å². The monoisotopic (exact) mass is 348 g/mol. The van der Waals surface area contributed by atoms with Gasteiger partial charge in [0, 0.05) is 12.2 Å². The smallest absolute Gasteiger partial charge is 0.410 e. The van der Waals surface area contributed by atoms with Crippen LogP contribution in [-0.4, -0.2) is 46.2 Å². The number of amides is 2. The molecule has 0 aliphatic carbocycles. The number of nitrogens with zero attached hydrogens (tertiary/aromatic N) is 1. The van der Waals surface area contributed by atoms with E-state index in [1.807, 2.05) is 6.92 Å². The summed E-state index contributed by atoms with van der Waals surface area (Å²) in [6.07, 6.45) is 0.216. The second-order valence-electron chi connectivity index (χ2n) is 7.26. The van der Waals surface area contributed by atoms with Crippen molar-refractivity contribution >= 4 is 23.7 Å². The van der Waals surface area contributed by atoms with Gasteiger partial charge in [0.2, 0.25) is 5.91 Å². The number of hydrogen-bond acceptors (Lipinski definition) is 4. The molecule has 2 N–H and O–H groups in total. The van der Waals surface area contributed by atoms with Crippen LogP contribution in [0.3, 0.4) is 0 Å². The van der Waals surface area contributed by atoms with Gasteiger partial charge in [0.15, 0.2) is 0 Å². The predicted octanol–water partition coefficient (Wildman–Crippen LogP) is 2.97. The Kier molecular flexibility index (Phi) is 5.35. The summed E-state index contributed by atoms with van der Waals surface area (Å²) in [5.41, 5.74) is -0.00258. The highest BCUT2D eigenvalue weighted by Gasteiger charge is 2.41. The number of likely N-dealkylation sites (tertiary alicyclic amines) is 1. The number of carbonyl (C=O) groups excluding carboxylic acids is 2. The van der Waals surface area contributed by atoms with Gasteiger partial charge >= 0.3 is 12.1 Å². The summed E-state index contributed by atoms with van der Waals surface area (Å²) >= 11 is 0. The first kappa shape index (κ1) is 18.8. The van der Waals surface area contributed by atoms with E-state index >= 15 is 0 Å². The highest BCUT2D eigenvalue weighted by Crippen LogP contribution is 2.27. The lowest BCUT2D eigenvalue weighted by Gasteiger charge is -2.29. The Morgan fingerprint density at radius 2 is 1.80 bits per heavy atom. The first-order valence-electron chi connectivity index (χ1n) is 8.22. The Bertz CT molecular complexity index is 663. The van der Waals surface area contributed by atoms with Crippen LogP contribution in [0.25, 0.3) is 0 Å². The van der Waals surface area contributed by atoms with Crippen LogP contribution in [0.2, 0.25) is 0 Å². The highest BCUT2D eigenvalue weighted by atomic mass is 16.6. The Morgan fingerprint density at radius 3 is 2.32 bits per heavy atom. The van der Waals surface area contributed by atoms with E-state index in [4.69, 9.17) is 9.84 Å². The van der Waals surface area contributed by atoms with Crippen LogP contribution in [0.5, 0.6) is 0 Å². The van der Waals surface area contributed by atoms with Gasteiger partial charge in [-0.05, 0) is 57.4 Å². The molecule has 1 fully saturated rings. The van der Waals surface area contributed by atoms with Crippen molar-refractivity contribution in [2.24, 2.45) is 5.92 Å². The van der Waals surface area contributed by atoms with Gasteiger partial charge in [-0.25, -0.2) is 9.59 Å². The molecule has 1 aliphatic rings. The minimum atomic E-state index is -1.03. The van der Waals surface area contributed by atoms with Crippen molar-refractivity contribution in [2.45, 2.75) is 45.8 Å². The van der Waals surface area contributed by atoms with Gasteiger partial charge in [0.25, 0.3) is 0 Å². The van der Waals surface area contributed by atoms with Gasteiger partial charge in [0.1, 0.15) is 11.6 Å². The van der Waals surface area contributed by atoms with Crippen molar-refractivity contribution in [1.29, 1.82) is 0 Å². The van der Waals surface area contributed by atoms with Gasteiger partial charge in [-0.1, -0.05) is 6.92 Å². The molecule has 2 amide bonds. The topological polar surface area (TPSA) is 95.9 Å². The summed E-state index contributed by atoms with van der Waals surface area (Å²) in [6, 6.07) is 5.27. The second-order valence-corrected chi connectivity index (χ2v) is 7.26. The van der Waals surface area contributed by atoms with Crippen LogP contribution in [0.15, 0.2) is 24.3 Å². The largest absolute Gasteiger partial charge is 0.478 e. The number of anilines is 1. The first-order chi connectivity index (χ1) is 11.6. The van der Waals surface area contributed by atoms with Crippen molar-refractivity contribution in [3.63, 3.8) is 0 Å². The molecule has 2 unspecified atom stereocenters. The van der Waals surface area contributed by atoms with Crippen molar-refractivity contribution in [3.8, 4) is 0 Å². The van der Waals surface area contributed by atoms with Gasteiger partial charge < -0.3 is 15.2 Å². The summed E-state index contributed by atoms with van der Waals surface area (Å²) in [5.74, 6) is -1.33. The molecule has 1 aromatic carbocycles. The Morgan fingerprint density at radius 1 is 1.20 bits per heavy atom. The van der Waals surface area contributed by atoms with E-state index in [2.05, 4.69) is 5.32 Å². The molecule has 0 bridgehead atoms. The number of nitrogens with one attached hydrogen (secondary N) is 1. The average molecular weight is 348 g/mol. The molecule has 7 heteroatoms. The maximum Gasteiger partial charge on any atom is 0.410 e. The van der Waals surface area contributed by atoms with Gasteiger partial charge in [-0.15, -0.1) is 0 Å². The summed E-state index contributed by atoms with van der Waals surface area (Å²) in [5, 5.41) is 11.7. The number of benzene rings is 1. The van der Waals surface area contributed by atoms with Crippen molar-refractivity contribution < 1.29 is 24.2 Å². The molecular weight excluding hydrogens is 324 g/mol. The zero-order valence-corrected chi connectivity index (χ0v) is 14.9. The molecule has 0 saturated carbocycles. The predicted molar refractivity (Wildman–Crippen MR) is 92.5 cm³/mol. The fraction of sp³-hybridized carbons (Fsp3) is 0.500. The Balaban J connectivity index is 2.09. The van der Waals surface area contributed by atoms with Crippen LogP contribution in [0.4, 0.5) is 10.5 Å².